The molecule has 1 atom stereocenters. The molecule has 1 aliphatic rings. The first kappa shape index (κ1) is 9.66. The summed E-state index contributed by atoms with van der Waals surface area (Å²) in [6.45, 7) is 5.22. The molecule has 1 saturated heterocycles. The van der Waals surface area contributed by atoms with Crippen LogP contribution in [0, 0.1) is 11.7 Å². The Morgan fingerprint density at radius 1 is 1.43 bits per heavy atom. The fourth-order valence-electron chi connectivity index (χ4n) is 2.04. The van der Waals surface area contributed by atoms with Crippen molar-refractivity contribution in [3.8, 4) is 0 Å². The molecule has 0 N–H and O–H groups in total. The van der Waals surface area contributed by atoms with Crippen LogP contribution in [0.4, 0.5) is 4.39 Å². The fraction of sp³-hybridized carbons (Fsp3) is 0.500. The van der Waals surface area contributed by atoms with Crippen LogP contribution in [0.25, 0.3) is 0 Å². The first-order chi connectivity index (χ1) is 6.75. The first-order valence-electron chi connectivity index (χ1n) is 5.21. The maximum Gasteiger partial charge on any atom is 0.127 e. The molecular formula is C12H16FN. The Labute approximate surface area is 84.5 Å². The zero-order valence-corrected chi connectivity index (χ0v) is 8.54. The topological polar surface area (TPSA) is 3.24 Å². The Kier molecular flexibility index (Phi) is 2.82. The largest absolute Gasteiger partial charge is 0.299 e. The first-order valence-corrected chi connectivity index (χ1v) is 5.21. The number of halogens is 1. The number of likely N-dealkylation sites (tertiary alicyclic amines) is 1. The van der Waals surface area contributed by atoms with Gasteiger partial charge in [0.05, 0.1) is 0 Å². The predicted molar refractivity (Wildman–Crippen MR) is 55.5 cm³/mol. The van der Waals surface area contributed by atoms with E-state index < -0.39 is 0 Å². The number of hydrogen-bond acceptors (Lipinski definition) is 1. The summed E-state index contributed by atoms with van der Waals surface area (Å²) in [5.41, 5.74) is 0.821. The Morgan fingerprint density at radius 2 is 2.21 bits per heavy atom. The lowest BCUT2D eigenvalue weighted by Crippen LogP contribution is -2.20. The molecule has 0 saturated carbocycles. The van der Waals surface area contributed by atoms with Gasteiger partial charge in [0.2, 0.25) is 0 Å². The van der Waals surface area contributed by atoms with Gasteiger partial charge in [0.25, 0.3) is 0 Å². The lowest BCUT2D eigenvalue weighted by Gasteiger charge is -2.15. The summed E-state index contributed by atoms with van der Waals surface area (Å²) in [5, 5.41) is 0. The van der Waals surface area contributed by atoms with Gasteiger partial charge in [-0.05, 0) is 24.9 Å². The van der Waals surface area contributed by atoms with Gasteiger partial charge >= 0.3 is 0 Å². The van der Waals surface area contributed by atoms with E-state index in [2.05, 4.69) is 11.8 Å². The Bertz CT molecular complexity index is 311. The third-order valence-electron chi connectivity index (χ3n) is 2.86. The van der Waals surface area contributed by atoms with Gasteiger partial charge in [0, 0.05) is 18.7 Å². The van der Waals surface area contributed by atoms with Crippen LogP contribution in [0.2, 0.25) is 0 Å². The second-order valence-corrected chi connectivity index (χ2v) is 4.22. The highest BCUT2D eigenvalue weighted by atomic mass is 19.1. The third kappa shape index (κ3) is 2.13. The second-order valence-electron chi connectivity index (χ2n) is 4.22. The smallest absolute Gasteiger partial charge is 0.127 e. The molecule has 0 bridgehead atoms. The van der Waals surface area contributed by atoms with Crippen molar-refractivity contribution in [3.63, 3.8) is 0 Å². The van der Waals surface area contributed by atoms with Crippen LogP contribution < -0.4 is 0 Å². The second kappa shape index (κ2) is 4.09. The summed E-state index contributed by atoms with van der Waals surface area (Å²) < 4.78 is 13.3. The van der Waals surface area contributed by atoms with E-state index in [0.29, 0.717) is 0 Å². The molecule has 1 aromatic rings. The van der Waals surface area contributed by atoms with Gasteiger partial charge in [-0.2, -0.15) is 0 Å². The quantitative estimate of drug-likeness (QED) is 0.698. The molecule has 0 radical (unpaired) electrons. The predicted octanol–water partition coefficient (Wildman–Crippen LogP) is 2.67. The van der Waals surface area contributed by atoms with E-state index in [1.807, 2.05) is 12.1 Å². The van der Waals surface area contributed by atoms with E-state index >= 15 is 0 Å². The molecule has 0 spiro atoms. The number of hydrogen-bond donors (Lipinski definition) is 0. The molecule has 0 amide bonds. The molecule has 1 aromatic carbocycles. The molecular weight excluding hydrogens is 177 g/mol. The Hall–Kier alpha value is -0.890. The number of rotatable bonds is 2. The van der Waals surface area contributed by atoms with Crippen LogP contribution in [-0.2, 0) is 6.54 Å². The summed E-state index contributed by atoms with van der Waals surface area (Å²) in [7, 11) is 0. The third-order valence-corrected chi connectivity index (χ3v) is 2.86. The molecule has 0 aromatic heterocycles. The molecule has 14 heavy (non-hydrogen) atoms. The summed E-state index contributed by atoms with van der Waals surface area (Å²) in [6.07, 6.45) is 1.24. The molecule has 1 nitrogen and oxygen atoms in total. The van der Waals surface area contributed by atoms with Crippen molar-refractivity contribution in [1.29, 1.82) is 0 Å². The van der Waals surface area contributed by atoms with Crippen molar-refractivity contribution < 1.29 is 4.39 Å². The van der Waals surface area contributed by atoms with Crippen molar-refractivity contribution in [1.82, 2.24) is 4.90 Å². The van der Waals surface area contributed by atoms with E-state index in [0.717, 1.165) is 31.1 Å². The molecule has 2 rings (SSSR count). The molecule has 0 unspecified atom stereocenters. The van der Waals surface area contributed by atoms with Crippen molar-refractivity contribution in [2.45, 2.75) is 19.9 Å². The van der Waals surface area contributed by atoms with E-state index in [4.69, 9.17) is 0 Å². The van der Waals surface area contributed by atoms with E-state index in [9.17, 15) is 4.39 Å². The number of benzene rings is 1. The zero-order valence-electron chi connectivity index (χ0n) is 8.54. The van der Waals surface area contributed by atoms with Gasteiger partial charge in [-0.15, -0.1) is 0 Å². The van der Waals surface area contributed by atoms with Gasteiger partial charge in [-0.3, -0.25) is 4.90 Å². The van der Waals surface area contributed by atoms with E-state index in [-0.39, 0.29) is 5.82 Å². The molecule has 76 valence electrons. The Morgan fingerprint density at radius 3 is 2.86 bits per heavy atom. The maximum atomic E-state index is 13.3. The van der Waals surface area contributed by atoms with E-state index in [1.165, 1.54) is 12.5 Å². The van der Waals surface area contributed by atoms with Crippen LogP contribution in [-0.4, -0.2) is 18.0 Å². The Balaban J connectivity index is 2.01. The molecule has 1 aliphatic heterocycles. The van der Waals surface area contributed by atoms with Crippen molar-refractivity contribution in [3.05, 3.63) is 35.6 Å². The molecule has 1 fully saturated rings. The van der Waals surface area contributed by atoms with Gasteiger partial charge < -0.3 is 0 Å². The van der Waals surface area contributed by atoms with Gasteiger partial charge in [0.1, 0.15) is 5.82 Å². The monoisotopic (exact) mass is 193 g/mol. The molecule has 2 heteroatoms. The standard InChI is InChI=1S/C12H16FN/c1-10-6-7-14(8-10)9-11-4-2-3-5-12(11)13/h2-5,10H,6-9H2,1H3/t10-/m1/s1. The minimum absolute atomic E-state index is 0.0768. The fourth-order valence-corrected chi connectivity index (χ4v) is 2.04. The highest BCUT2D eigenvalue weighted by Crippen LogP contribution is 2.18. The summed E-state index contributed by atoms with van der Waals surface area (Å²) >= 11 is 0. The lowest BCUT2D eigenvalue weighted by atomic mass is 10.2. The molecule has 1 heterocycles. The average molecular weight is 193 g/mol. The zero-order chi connectivity index (χ0) is 9.97. The lowest BCUT2D eigenvalue weighted by molar-refractivity contribution is 0.315. The van der Waals surface area contributed by atoms with Gasteiger partial charge in [-0.1, -0.05) is 25.1 Å². The van der Waals surface area contributed by atoms with Gasteiger partial charge in [0.15, 0.2) is 0 Å². The molecule has 0 aliphatic carbocycles. The van der Waals surface area contributed by atoms with Crippen molar-refractivity contribution in [2.24, 2.45) is 5.92 Å². The van der Waals surface area contributed by atoms with Crippen molar-refractivity contribution >= 4 is 0 Å². The summed E-state index contributed by atoms with van der Waals surface area (Å²) in [5.74, 6) is 0.689. The average Bonchev–Trinajstić information content (AvgIpc) is 2.56. The summed E-state index contributed by atoms with van der Waals surface area (Å²) in [4.78, 5) is 2.32. The van der Waals surface area contributed by atoms with Crippen LogP contribution in [0.15, 0.2) is 24.3 Å². The van der Waals surface area contributed by atoms with Crippen LogP contribution in [0.1, 0.15) is 18.9 Å². The minimum atomic E-state index is -0.0768. The maximum absolute atomic E-state index is 13.3. The number of nitrogens with zero attached hydrogens (tertiary/aromatic N) is 1. The highest BCUT2D eigenvalue weighted by Gasteiger charge is 2.19. The van der Waals surface area contributed by atoms with Crippen LogP contribution in [0.5, 0.6) is 0 Å². The SMILES string of the molecule is C[C@@H]1CCN(Cc2ccccc2F)C1. The van der Waals surface area contributed by atoms with Crippen molar-refractivity contribution in [2.75, 3.05) is 13.1 Å². The summed E-state index contributed by atoms with van der Waals surface area (Å²) in [6, 6.07) is 7.05. The highest BCUT2D eigenvalue weighted by molar-refractivity contribution is 5.17. The van der Waals surface area contributed by atoms with Gasteiger partial charge in [-0.25, -0.2) is 4.39 Å². The van der Waals surface area contributed by atoms with E-state index in [1.54, 1.807) is 6.07 Å². The normalized spacial score (nSPS) is 22.9. The minimum Gasteiger partial charge on any atom is -0.299 e. The van der Waals surface area contributed by atoms with Crippen LogP contribution >= 0.6 is 0 Å². The van der Waals surface area contributed by atoms with Crippen LogP contribution in [0.3, 0.4) is 0 Å².